The van der Waals surface area contributed by atoms with Crippen molar-refractivity contribution in [2.24, 2.45) is 5.73 Å². The Hall–Kier alpha value is -1.89. The number of nitrogens with one attached hydrogen (secondary N) is 1. The Morgan fingerprint density at radius 2 is 2.00 bits per heavy atom. The van der Waals surface area contributed by atoms with E-state index in [-0.39, 0.29) is 18.3 Å². The van der Waals surface area contributed by atoms with Gasteiger partial charge in [-0.2, -0.15) is 0 Å². The molecule has 128 valence electrons. The largest absolute Gasteiger partial charge is 1.00 e. The number of benzene rings is 1. The minimum absolute atomic E-state index is 0. The molecule has 0 saturated heterocycles. The highest BCUT2D eigenvalue weighted by molar-refractivity contribution is 7.17. The highest BCUT2D eigenvalue weighted by Crippen LogP contribution is 2.37. The summed E-state index contributed by atoms with van der Waals surface area (Å²) in [6, 6.07) is 10.3. The first-order valence-corrected chi connectivity index (χ1v) is 8.34. The molecule has 0 atom stereocenters. The lowest BCUT2D eigenvalue weighted by molar-refractivity contribution is -0.114. The molecule has 2 amide bonds. The van der Waals surface area contributed by atoms with Crippen LogP contribution in [0, 0.1) is 0 Å². The SMILES string of the molecule is CC(=O)Nc1sc2c(c1C(N)=O)CCN(Cc1ccccc1)C2.[Cl-]. The zero-order valence-electron chi connectivity index (χ0n) is 13.3. The second-order valence-electron chi connectivity index (χ2n) is 5.70. The van der Waals surface area contributed by atoms with Crippen molar-refractivity contribution in [3.05, 3.63) is 51.9 Å². The Morgan fingerprint density at radius 1 is 1.29 bits per heavy atom. The van der Waals surface area contributed by atoms with Crippen molar-refractivity contribution < 1.29 is 22.0 Å². The van der Waals surface area contributed by atoms with Gasteiger partial charge in [0.1, 0.15) is 5.00 Å². The van der Waals surface area contributed by atoms with E-state index in [1.807, 2.05) is 18.2 Å². The molecule has 0 saturated carbocycles. The Bertz CT molecular complexity index is 746. The first-order chi connectivity index (χ1) is 11.0. The molecule has 0 aliphatic carbocycles. The van der Waals surface area contributed by atoms with E-state index in [2.05, 4.69) is 22.3 Å². The number of anilines is 1. The van der Waals surface area contributed by atoms with Gasteiger partial charge in [-0.25, -0.2) is 0 Å². The zero-order valence-corrected chi connectivity index (χ0v) is 14.9. The first-order valence-electron chi connectivity index (χ1n) is 7.53. The highest BCUT2D eigenvalue weighted by Gasteiger charge is 2.27. The zero-order chi connectivity index (χ0) is 16.4. The Kier molecular flexibility index (Phi) is 5.99. The van der Waals surface area contributed by atoms with Crippen molar-refractivity contribution in [1.82, 2.24) is 4.90 Å². The van der Waals surface area contributed by atoms with Gasteiger partial charge in [-0.05, 0) is 17.5 Å². The maximum atomic E-state index is 11.8. The third kappa shape index (κ3) is 3.95. The van der Waals surface area contributed by atoms with Gasteiger partial charge in [0.15, 0.2) is 0 Å². The number of rotatable bonds is 4. The van der Waals surface area contributed by atoms with E-state index < -0.39 is 5.91 Å². The van der Waals surface area contributed by atoms with Crippen LogP contribution in [0.4, 0.5) is 5.00 Å². The molecule has 1 aliphatic heterocycles. The van der Waals surface area contributed by atoms with Gasteiger partial charge in [0.25, 0.3) is 5.91 Å². The molecule has 2 aromatic rings. The lowest BCUT2D eigenvalue weighted by atomic mass is 10.0. The Balaban J connectivity index is 0.00000208. The summed E-state index contributed by atoms with van der Waals surface area (Å²) < 4.78 is 0. The van der Waals surface area contributed by atoms with Gasteiger partial charge >= 0.3 is 0 Å². The summed E-state index contributed by atoms with van der Waals surface area (Å²) >= 11 is 1.46. The van der Waals surface area contributed by atoms with Crippen LogP contribution < -0.4 is 23.5 Å². The van der Waals surface area contributed by atoms with Gasteiger partial charge in [0.2, 0.25) is 5.91 Å². The summed E-state index contributed by atoms with van der Waals surface area (Å²) in [4.78, 5) is 26.6. The van der Waals surface area contributed by atoms with Gasteiger partial charge in [0, 0.05) is 31.4 Å². The number of primary amides is 1. The molecule has 24 heavy (non-hydrogen) atoms. The molecular formula is C17H19ClN3O2S-. The van der Waals surface area contributed by atoms with Crippen LogP contribution in [0.3, 0.4) is 0 Å². The molecule has 3 N–H and O–H groups in total. The third-order valence-electron chi connectivity index (χ3n) is 3.92. The normalized spacial score (nSPS) is 13.7. The average molecular weight is 365 g/mol. The van der Waals surface area contributed by atoms with E-state index in [1.54, 1.807) is 0 Å². The number of hydrogen-bond acceptors (Lipinski definition) is 4. The van der Waals surface area contributed by atoms with Crippen LogP contribution >= 0.6 is 11.3 Å². The van der Waals surface area contributed by atoms with E-state index >= 15 is 0 Å². The van der Waals surface area contributed by atoms with Crippen molar-refractivity contribution in [1.29, 1.82) is 0 Å². The van der Waals surface area contributed by atoms with Crippen molar-refractivity contribution in [2.75, 3.05) is 11.9 Å². The predicted octanol–water partition coefficient (Wildman–Crippen LogP) is -0.632. The average Bonchev–Trinajstić information content (AvgIpc) is 2.84. The van der Waals surface area contributed by atoms with Crippen LogP contribution in [-0.2, 0) is 24.3 Å². The van der Waals surface area contributed by atoms with E-state index in [4.69, 9.17) is 5.73 Å². The number of nitrogens with zero attached hydrogens (tertiary/aromatic N) is 1. The van der Waals surface area contributed by atoms with E-state index in [9.17, 15) is 9.59 Å². The number of fused-ring (bicyclic) bond motifs is 1. The minimum atomic E-state index is -0.470. The Labute approximate surface area is 151 Å². The van der Waals surface area contributed by atoms with Crippen molar-refractivity contribution in [2.45, 2.75) is 26.4 Å². The van der Waals surface area contributed by atoms with Crippen molar-refractivity contribution in [3.63, 3.8) is 0 Å². The molecule has 0 radical (unpaired) electrons. The first kappa shape index (κ1) is 18.4. The highest BCUT2D eigenvalue weighted by atomic mass is 35.5. The van der Waals surface area contributed by atoms with Crippen molar-refractivity contribution >= 4 is 28.2 Å². The van der Waals surface area contributed by atoms with Gasteiger partial charge in [-0.1, -0.05) is 30.3 Å². The molecule has 0 bridgehead atoms. The smallest absolute Gasteiger partial charge is 0.251 e. The van der Waals surface area contributed by atoms with Gasteiger partial charge in [0.05, 0.1) is 5.56 Å². The standard InChI is InChI=1S/C17H19N3O2S.ClH/c1-11(21)19-17-15(16(18)22)13-7-8-20(10-14(13)23-17)9-12-5-3-2-4-6-12;/h2-6H,7-10H2,1H3,(H2,18,22)(H,19,21);1H/p-1. The van der Waals surface area contributed by atoms with Gasteiger partial charge in [-0.15, -0.1) is 11.3 Å². The predicted molar refractivity (Wildman–Crippen MR) is 91.4 cm³/mol. The molecule has 0 fully saturated rings. The van der Waals surface area contributed by atoms with Crippen LogP contribution in [0.5, 0.6) is 0 Å². The van der Waals surface area contributed by atoms with Crippen LogP contribution in [0.25, 0.3) is 0 Å². The van der Waals surface area contributed by atoms with Crippen molar-refractivity contribution in [3.8, 4) is 0 Å². The molecular weight excluding hydrogens is 346 g/mol. The fourth-order valence-corrected chi connectivity index (χ4v) is 4.28. The molecule has 7 heteroatoms. The number of carbonyl (C=O) groups is 2. The van der Waals surface area contributed by atoms with E-state index in [1.165, 1.54) is 23.8 Å². The summed E-state index contributed by atoms with van der Waals surface area (Å²) in [5.41, 5.74) is 8.27. The molecule has 1 aromatic heterocycles. The molecule has 0 unspecified atom stereocenters. The number of amides is 2. The van der Waals surface area contributed by atoms with Gasteiger partial charge < -0.3 is 23.5 Å². The monoisotopic (exact) mass is 364 g/mol. The van der Waals surface area contributed by atoms with Gasteiger partial charge in [-0.3, -0.25) is 14.5 Å². The molecule has 0 spiro atoms. The molecule has 1 aromatic carbocycles. The van der Waals surface area contributed by atoms with Crippen LogP contribution in [-0.4, -0.2) is 23.3 Å². The van der Waals surface area contributed by atoms with Crippen LogP contribution in [0.2, 0.25) is 0 Å². The maximum absolute atomic E-state index is 11.8. The number of hydrogen-bond donors (Lipinski definition) is 2. The lowest BCUT2D eigenvalue weighted by Gasteiger charge is -2.27. The number of halogens is 1. The van der Waals surface area contributed by atoms with Crippen LogP contribution in [0.1, 0.15) is 33.3 Å². The number of carbonyl (C=O) groups excluding carboxylic acids is 2. The topological polar surface area (TPSA) is 75.4 Å². The van der Waals surface area contributed by atoms with E-state index in [0.29, 0.717) is 10.6 Å². The third-order valence-corrected chi connectivity index (χ3v) is 5.05. The molecule has 3 rings (SSSR count). The summed E-state index contributed by atoms with van der Waals surface area (Å²) in [5.74, 6) is -0.657. The van der Waals surface area contributed by atoms with E-state index in [0.717, 1.165) is 36.5 Å². The second-order valence-corrected chi connectivity index (χ2v) is 6.80. The number of nitrogens with two attached hydrogens (primary N) is 1. The Morgan fingerprint density at radius 3 is 2.62 bits per heavy atom. The molecule has 1 aliphatic rings. The summed E-state index contributed by atoms with van der Waals surface area (Å²) in [6.07, 6.45) is 0.774. The number of thiophene rings is 1. The summed E-state index contributed by atoms with van der Waals surface area (Å²) in [7, 11) is 0. The fraction of sp³-hybridized carbons (Fsp3) is 0.294. The summed E-state index contributed by atoms with van der Waals surface area (Å²) in [5, 5.41) is 3.32. The lowest BCUT2D eigenvalue weighted by Crippen LogP contribution is -3.00. The summed E-state index contributed by atoms with van der Waals surface area (Å²) in [6.45, 7) is 3.96. The second kappa shape index (κ2) is 7.79. The quantitative estimate of drug-likeness (QED) is 0.758. The molecule has 5 nitrogen and oxygen atoms in total. The minimum Gasteiger partial charge on any atom is -1.00 e. The van der Waals surface area contributed by atoms with Crippen LogP contribution in [0.15, 0.2) is 30.3 Å². The fourth-order valence-electron chi connectivity index (χ4n) is 2.94. The molecule has 2 heterocycles. The maximum Gasteiger partial charge on any atom is 0.251 e.